The summed E-state index contributed by atoms with van der Waals surface area (Å²) in [6.07, 6.45) is 1.48. The minimum absolute atomic E-state index is 0.0131. The Hall–Kier alpha value is -4.12. The van der Waals surface area contributed by atoms with E-state index in [0.29, 0.717) is 34.8 Å². The Morgan fingerprint density at radius 2 is 1.43 bits per heavy atom. The summed E-state index contributed by atoms with van der Waals surface area (Å²) in [5.41, 5.74) is 4.57. The van der Waals surface area contributed by atoms with E-state index in [2.05, 4.69) is 0 Å². The zero-order chi connectivity index (χ0) is 26.4. The van der Waals surface area contributed by atoms with Crippen LogP contribution in [0.4, 0.5) is 0 Å². The van der Waals surface area contributed by atoms with Crippen molar-refractivity contribution in [2.45, 2.75) is 24.9 Å². The van der Waals surface area contributed by atoms with E-state index in [-0.39, 0.29) is 10.8 Å². The van der Waals surface area contributed by atoms with Gasteiger partial charge in [-0.25, -0.2) is 13.1 Å². The van der Waals surface area contributed by atoms with Crippen LogP contribution in [0.1, 0.15) is 27.0 Å². The highest BCUT2D eigenvalue weighted by Gasteiger charge is 2.21. The predicted octanol–water partition coefficient (Wildman–Crippen LogP) is 5.92. The van der Waals surface area contributed by atoms with Crippen molar-refractivity contribution in [2.75, 3.05) is 0 Å². The second-order valence-corrected chi connectivity index (χ2v) is 10.6. The molecule has 186 valence electrons. The second-order valence-electron chi connectivity index (χ2n) is 8.54. The Kier molecular flexibility index (Phi) is 7.92. The molecule has 0 aliphatic heterocycles. The van der Waals surface area contributed by atoms with Gasteiger partial charge in [0.05, 0.1) is 15.5 Å². The van der Waals surface area contributed by atoms with Crippen LogP contribution in [0, 0.1) is 18.4 Å². The van der Waals surface area contributed by atoms with E-state index in [1.165, 1.54) is 12.3 Å². The summed E-state index contributed by atoms with van der Waals surface area (Å²) in [6, 6.07) is 28.8. The quantitative estimate of drug-likeness (QED) is 0.227. The molecule has 0 aromatic heterocycles. The third-order valence-corrected chi connectivity index (χ3v) is 7.51. The van der Waals surface area contributed by atoms with Crippen LogP contribution < -0.4 is 4.72 Å². The molecule has 37 heavy (non-hydrogen) atoms. The van der Waals surface area contributed by atoms with Gasteiger partial charge in [0.2, 0.25) is 0 Å². The summed E-state index contributed by atoms with van der Waals surface area (Å²) in [5.74, 6) is -0.186. The molecule has 0 atom stereocenters. The standard InChI is InChI=1S/C29H24ClN3O3S/c1-21-10-12-22(13-11-21)18-33(29(34)26-7-2-4-8-27(26)30)19-23-14-16-24(17-15-23)25-6-3-5-9-28(25)37(35,36)32-20-31/h2-17,32H,18-19H2,1H3. The first-order valence-electron chi connectivity index (χ1n) is 11.5. The molecule has 0 fully saturated rings. The fourth-order valence-corrected chi connectivity index (χ4v) is 5.16. The minimum atomic E-state index is -3.98. The van der Waals surface area contributed by atoms with Gasteiger partial charge in [0, 0.05) is 18.7 Å². The number of nitrogens with zero attached hydrogens (tertiary/aromatic N) is 2. The van der Waals surface area contributed by atoms with Crippen molar-refractivity contribution in [1.29, 1.82) is 5.26 Å². The molecule has 0 spiro atoms. The number of nitrogens with one attached hydrogen (secondary N) is 1. The molecule has 0 unspecified atom stereocenters. The molecule has 6 nitrogen and oxygen atoms in total. The SMILES string of the molecule is Cc1ccc(CN(Cc2ccc(-c3ccccc3S(=O)(=O)NC#N)cc2)C(=O)c2ccccc2Cl)cc1. The maximum absolute atomic E-state index is 13.5. The molecule has 8 heteroatoms. The van der Waals surface area contributed by atoms with E-state index in [1.807, 2.05) is 48.0 Å². The number of amides is 1. The van der Waals surface area contributed by atoms with Crippen LogP contribution in [0.5, 0.6) is 0 Å². The van der Waals surface area contributed by atoms with E-state index in [9.17, 15) is 13.2 Å². The van der Waals surface area contributed by atoms with Crippen molar-refractivity contribution in [1.82, 2.24) is 9.62 Å². The summed E-state index contributed by atoms with van der Waals surface area (Å²) >= 11 is 6.33. The predicted molar refractivity (Wildman–Crippen MR) is 144 cm³/mol. The lowest BCUT2D eigenvalue weighted by molar-refractivity contribution is 0.0730. The fraction of sp³-hybridized carbons (Fsp3) is 0.103. The summed E-state index contributed by atoms with van der Waals surface area (Å²) in [7, 11) is -3.98. The largest absolute Gasteiger partial charge is 0.330 e. The highest BCUT2D eigenvalue weighted by atomic mass is 35.5. The van der Waals surface area contributed by atoms with Crippen LogP contribution in [0.25, 0.3) is 11.1 Å². The number of hydrogen-bond donors (Lipinski definition) is 1. The summed E-state index contributed by atoms with van der Waals surface area (Å²) in [4.78, 5) is 15.2. The number of halogens is 1. The van der Waals surface area contributed by atoms with Gasteiger partial charge >= 0.3 is 0 Å². The molecule has 1 N–H and O–H groups in total. The van der Waals surface area contributed by atoms with Gasteiger partial charge in [-0.3, -0.25) is 4.79 Å². The normalized spacial score (nSPS) is 10.9. The number of carbonyl (C=O) groups is 1. The topological polar surface area (TPSA) is 90.3 Å². The Balaban J connectivity index is 1.64. The van der Waals surface area contributed by atoms with Crippen molar-refractivity contribution in [3.8, 4) is 17.3 Å². The number of hydrogen-bond acceptors (Lipinski definition) is 4. The van der Waals surface area contributed by atoms with Crippen molar-refractivity contribution >= 4 is 27.5 Å². The lowest BCUT2D eigenvalue weighted by Crippen LogP contribution is -2.30. The van der Waals surface area contributed by atoms with E-state index in [0.717, 1.165) is 16.7 Å². The number of nitriles is 1. The maximum atomic E-state index is 13.5. The average molecular weight is 530 g/mol. The molecule has 0 aliphatic rings. The van der Waals surface area contributed by atoms with E-state index in [4.69, 9.17) is 16.9 Å². The van der Waals surface area contributed by atoms with E-state index >= 15 is 0 Å². The third-order valence-electron chi connectivity index (χ3n) is 5.88. The number of sulfonamides is 1. The molecule has 0 bridgehead atoms. The van der Waals surface area contributed by atoms with Gasteiger partial charge in [0.25, 0.3) is 15.9 Å². The smallest absolute Gasteiger partial charge is 0.270 e. The van der Waals surface area contributed by atoms with Gasteiger partial charge in [-0.2, -0.15) is 5.26 Å². The molecule has 4 aromatic carbocycles. The van der Waals surface area contributed by atoms with Gasteiger partial charge in [-0.05, 0) is 41.8 Å². The lowest BCUT2D eigenvalue weighted by Gasteiger charge is -2.24. The first-order valence-corrected chi connectivity index (χ1v) is 13.3. The summed E-state index contributed by atoms with van der Waals surface area (Å²) in [6.45, 7) is 2.74. The Morgan fingerprint density at radius 1 is 0.865 bits per heavy atom. The van der Waals surface area contributed by atoms with Crippen molar-refractivity contribution < 1.29 is 13.2 Å². The molecule has 0 saturated heterocycles. The average Bonchev–Trinajstić information content (AvgIpc) is 2.90. The molecule has 4 rings (SSSR count). The van der Waals surface area contributed by atoms with Crippen molar-refractivity contribution in [3.05, 3.63) is 124 Å². The molecule has 0 aliphatic carbocycles. The zero-order valence-corrected chi connectivity index (χ0v) is 21.6. The number of rotatable bonds is 8. The van der Waals surface area contributed by atoms with Crippen LogP contribution in [0.15, 0.2) is 102 Å². The number of aryl methyl sites for hydroxylation is 1. The fourth-order valence-electron chi connectivity index (χ4n) is 3.98. The Labute approximate surface area is 221 Å². The molecular formula is C29H24ClN3O3S. The van der Waals surface area contributed by atoms with Crippen LogP contribution in [-0.2, 0) is 23.1 Å². The van der Waals surface area contributed by atoms with Crippen LogP contribution in [0.2, 0.25) is 5.02 Å². The molecule has 0 saturated carbocycles. The Bertz CT molecular complexity index is 1560. The minimum Gasteiger partial charge on any atom is -0.330 e. The number of carbonyl (C=O) groups excluding carboxylic acids is 1. The molecule has 0 radical (unpaired) electrons. The summed E-state index contributed by atoms with van der Waals surface area (Å²) < 4.78 is 26.8. The molecule has 4 aromatic rings. The van der Waals surface area contributed by atoms with Gasteiger partial charge in [0.1, 0.15) is 0 Å². The van der Waals surface area contributed by atoms with Gasteiger partial charge in [-0.1, -0.05) is 96.0 Å². The maximum Gasteiger partial charge on any atom is 0.270 e. The van der Waals surface area contributed by atoms with Crippen LogP contribution in [-0.4, -0.2) is 19.2 Å². The van der Waals surface area contributed by atoms with Gasteiger partial charge in [-0.15, -0.1) is 0 Å². The summed E-state index contributed by atoms with van der Waals surface area (Å²) in [5, 5.41) is 9.22. The lowest BCUT2D eigenvalue weighted by atomic mass is 10.0. The van der Waals surface area contributed by atoms with Gasteiger partial charge in [0.15, 0.2) is 6.19 Å². The first-order chi connectivity index (χ1) is 17.8. The van der Waals surface area contributed by atoms with Crippen molar-refractivity contribution in [3.63, 3.8) is 0 Å². The van der Waals surface area contributed by atoms with Crippen molar-refractivity contribution in [2.24, 2.45) is 0 Å². The zero-order valence-electron chi connectivity index (χ0n) is 20.1. The molecule has 1 amide bonds. The molecule has 0 heterocycles. The third kappa shape index (κ3) is 6.18. The van der Waals surface area contributed by atoms with Crippen LogP contribution >= 0.6 is 11.6 Å². The van der Waals surface area contributed by atoms with Crippen LogP contribution in [0.3, 0.4) is 0 Å². The highest BCUT2D eigenvalue weighted by molar-refractivity contribution is 7.89. The first kappa shape index (κ1) is 26.0. The monoisotopic (exact) mass is 529 g/mol. The van der Waals surface area contributed by atoms with Gasteiger partial charge < -0.3 is 4.90 Å². The second kappa shape index (κ2) is 11.3. The van der Waals surface area contributed by atoms with E-state index < -0.39 is 10.0 Å². The molecular weight excluding hydrogens is 506 g/mol. The Morgan fingerprint density at radius 3 is 2.05 bits per heavy atom. The van der Waals surface area contributed by atoms with E-state index in [1.54, 1.807) is 59.5 Å². The number of benzene rings is 4. The highest BCUT2D eigenvalue weighted by Crippen LogP contribution is 2.28.